The highest BCUT2D eigenvalue weighted by molar-refractivity contribution is 7.90. The second-order valence-electron chi connectivity index (χ2n) is 7.68. The number of methoxy groups -OCH3 is 1. The highest BCUT2D eigenvalue weighted by atomic mass is 32.2. The number of hydrogen-bond acceptors (Lipinski definition) is 7. The minimum atomic E-state index is -3.42. The van der Waals surface area contributed by atoms with Crippen molar-refractivity contribution in [1.82, 2.24) is 9.97 Å². The number of nitrogens with one attached hydrogen (secondary N) is 1. The van der Waals surface area contributed by atoms with Gasteiger partial charge in [-0.2, -0.15) is 0 Å². The van der Waals surface area contributed by atoms with Gasteiger partial charge < -0.3 is 14.8 Å². The maximum Gasteiger partial charge on any atom is 0.257 e. The fourth-order valence-corrected chi connectivity index (χ4v) is 4.03. The van der Waals surface area contributed by atoms with Crippen molar-refractivity contribution in [3.8, 4) is 5.88 Å². The van der Waals surface area contributed by atoms with Gasteiger partial charge in [0.15, 0.2) is 15.7 Å². The van der Waals surface area contributed by atoms with Gasteiger partial charge in [0, 0.05) is 18.9 Å². The molecule has 1 saturated carbocycles. The second kappa shape index (κ2) is 10.8. The Bertz CT molecular complexity index is 1080. The van der Waals surface area contributed by atoms with Crippen LogP contribution in [0.4, 0.5) is 14.6 Å². The predicted octanol–water partition coefficient (Wildman–Crippen LogP) is 3.01. The van der Waals surface area contributed by atoms with Gasteiger partial charge >= 0.3 is 0 Å². The molecule has 2 aromatic rings. The quantitative estimate of drug-likeness (QED) is 0.433. The number of halogens is 2. The summed E-state index contributed by atoms with van der Waals surface area (Å²) in [6, 6.07) is 5.72. The van der Waals surface area contributed by atoms with Crippen LogP contribution in [0.1, 0.15) is 18.4 Å². The number of alkyl halides is 2. The first-order chi connectivity index (χ1) is 15.7. The summed E-state index contributed by atoms with van der Waals surface area (Å²) in [5, 5.41) is 2.61. The molecule has 1 amide bonds. The maximum atomic E-state index is 13.7. The van der Waals surface area contributed by atoms with Crippen molar-refractivity contribution in [3.05, 3.63) is 48.3 Å². The molecule has 2 atom stereocenters. The van der Waals surface area contributed by atoms with E-state index in [9.17, 15) is 22.0 Å². The molecule has 1 fully saturated rings. The monoisotopic (exact) mass is 481 g/mol. The van der Waals surface area contributed by atoms with E-state index in [0.29, 0.717) is 18.8 Å². The van der Waals surface area contributed by atoms with E-state index in [1.807, 2.05) is 0 Å². The van der Waals surface area contributed by atoms with Gasteiger partial charge in [0.25, 0.3) is 5.91 Å². The summed E-state index contributed by atoms with van der Waals surface area (Å²) in [6.07, 6.45) is 2.02. The Kier molecular flexibility index (Phi) is 8.09. The zero-order valence-electron chi connectivity index (χ0n) is 18.2. The molecule has 1 aromatic carbocycles. The summed E-state index contributed by atoms with van der Waals surface area (Å²) in [4.78, 5) is 21.3. The van der Waals surface area contributed by atoms with Gasteiger partial charge in [0.2, 0.25) is 5.88 Å². The summed E-state index contributed by atoms with van der Waals surface area (Å²) in [6.45, 7) is 0.673. The Labute approximate surface area is 191 Å². The van der Waals surface area contributed by atoms with Crippen LogP contribution >= 0.6 is 0 Å². The molecule has 3 rings (SSSR count). The van der Waals surface area contributed by atoms with Crippen LogP contribution in [0.5, 0.6) is 5.88 Å². The van der Waals surface area contributed by atoms with Crippen LogP contribution in [0.15, 0.2) is 47.6 Å². The summed E-state index contributed by atoms with van der Waals surface area (Å²) >= 11 is 0. The fourth-order valence-electron chi connectivity index (χ4n) is 3.39. The Morgan fingerprint density at radius 2 is 1.79 bits per heavy atom. The van der Waals surface area contributed by atoms with Crippen LogP contribution in [0.2, 0.25) is 0 Å². The summed E-state index contributed by atoms with van der Waals surface area (Å²) in [5.41, 5.74) is 0.564. The molecule has 1 aromatic heterocycles. The van der Waals surface area contributed by atoms with Gasteiger partial charge in [-0.25, -0.2) is 27.2 Å². The Morgan fingerprint density at radius 1 is 1.12 bits per heavy atom. The lowest BCUT2D eigenvalue weighted by Gasteiger charge is -2.12. The van der Waals surface area contributed by atoms with E-state index in [1.54, 1.807) is 7.11 Å². The topological polar surface area (TPSA) is 107 Å². The van der Waals surface area contributed by atoms with Crippen molar-refractivity contribution < 1.29 is 31.5 Å². The van der Waals surface area contributed by atoms with Gasteiger partial charge in [-0.1, -0.05) is 18.2 Å². The lowest BCUT2D eigenvalue weighted by molar-refractivity contribution is -0.111. The first-order valence-corrected chi connectivity index (χ1v) is 12.1. The standard InChI is InChI=1S/C22H25F2N3O5S/c1-31-7-8-32-21-13-25-20(12-26-21)27-22(28)17(9-14-10-18(23)19(24)11-14)15-3-5-16(6-4-15)33(2,29)30/h3-6,9,12-14,18-19H,7-8,10-11H2,1-2H3,(H,25,27,28)/b17-9+. The van der Waals surface area contributed by atoms with Crippen LogP contribution < -0.4 is 10.1 Å². The average molecular weight is 482 g/mol. The number of benzene rings is 1. The smallest absolute Gasteiger partial charge is 0.257 e. The van der Waals surface area contributed by atoms with Gasteiger partial charge in [0.1, 0.15) is 19.0 Å². The summed E-state index contributed by atoms with van der Waals surface area (Å²) < 4.78 is 61.1. The average Bonchev–Trinajstić information content (AvgIpc) is 3.10. The highest BCUT2D eigenvalue weighted by Gasteiger charge is 2.34. The van der Waals surface area contributed by atoms with E-state index in [2.05, 4.69) is 15.3 Å². The first-order valence-electron chi connectivity index (χ1n) is 10.2. The van der Waals surface area contributed by atoms with Gasteiger partial charge in [-0.05, 0) is 36.5 Å². The molecule has 1 aliphatic carbocycles. The number of rotatable bonds is 9. The van der Waals surface area contributed by atoms with E-state index in [-0.39, 0.29) is 35.0 Å². The molecular formula is C22H25F2N3O5S. The lowest BCUT2D eigenvalue weighted by atomic mass is 9.98. The zero-order valence-corrected chi connectivity index (χ0v) is 19.0. The molecule has 1 N–H and O–H groups in total. The number of allylic oxidation sites excluding steroid dienone is 1. The normalized spacial score (nSPS) is 21.1. The number of carbonyl (C=O) groups is 1. The number of anilines is 1. The van der Waals surface area contributed by atoms with Crippen molar-refractivity contribution in [2.24, 2.45) is 5.92 Å². The van der Waals surface area contributed by atoms with Gasteiger partial charge in [-0.15, -0.1) is 0 Å². The summed E-state index contributed by atoms with van der Waals surface area (Å²) in [5.74, 6) is -0.642. The number of amides is 1. The van der Waals surface area contributed by atoms with Crippen LogP contribution in [0.3, 0.4) is 0 Å². The SMILES string of the molecule is COCCOc1cnc(NC(=O)/C(=C/C2CC(F)C(F)C2)c2ccc(S(C)(=O)=O)cc2)cn1. The largest absolute Gasteiger partial charge is 0.474 e. The second-order valence-corrected chi connectivity index (χ2v) is 9.69. The van der Waals surface area contributed by atoms with Crippen LogP contribution in [0, 0.1) is 5.92 Å². The zero-order chi connectivity index (χ0) is 24.0. The molecule has 0 bridgehead atoms. The number of carbonyl (C=O) groups excluding carboxylic acids is 1. The molecule has 0 spiro atoms. The number of sulfone groups is 1. The molecule has 0 saturated heterocycles. The van der Waals surface area contributed by atoms with Crippen molar-refractivity contribution in [2.75, 3.05) is 31.9 Å². The van der Waals surface area contributed by atoms with Crippen molar-refractivity contribution >= 4 is 27.1 Å². The van der Waals surface area contributed by atoms with E-state index >= 15 is 0 Å². The van der Waals surface area contributed by atoms with Crippen LogP contribution in [-0.2, 0) is 19.4 Å². The van der Waals surface area contributed by atoms with E-state index in [1.165, 1.54) is 42.7 Å². The molecule has 8 nitrogen and oxygen atoms in total. The van der Waals surface area contributed by atoms with Crippen LogP contribution in [-0.4, -0.2) is 63.2 Å². The summed E-state index contributed by atoms with van der Waals surface area (Å²) in [7, 11) is -1.88. The van der Waals surface area contributed by atoms with E-state index in [0.717, 1.165) is 6.26 Å². The van der Waals surface area contributed by atoms with Gasteiger partial charge in [0.05, 0.1) is 23.9 Å². The maximum absolute atomic E-state index is 13.7. The minimum Gasteiger partial charge on any atom is -0.474 e. The molecule has 33 heavy (non-hydrogen) atoms. The molecule has 1 heterocycles. The van der Waals surface area contributed by atoms with E-state index < -0.39 is 34.0 Å². The number of ether oxygens (including phenoxy) is 2. The molecule has 2 unspecified atom stereocenters. The third kappa shape index (κ3) is 6.78. The van der Waals surface area contributed by atoms with Crippen LogP contribution in [0.25, 0.3) is 5.57 Å². The third-order valence-corrected chi connectivity index (χ3v) is 6.22. The molecule has 11 heteroatoms. The van der Waals surface area contributed by atoms with Crippen molar-refractivity contribution in [1.29, 1.82) is 0 Å². The van der Waals surface area contributed by atoms with Crippen molar-refractivity contribution in [2.45, 2.75) is 30.1 Å². The lowest BCUT2D eigenvalue weighted by Crippen LogP contribution is -2.16. The molecule has 1 aliphatic rings. The predicted molar refractivity (Wildman–Crippen MR) is 118 cm³/mol. The third-order valence-electron chi connectivity index (χ3n) is 5.10. The number of hydrogen-bond donors (Lipinski definition) is 1. The molecular weight excluding hydrogens is 456 g/mol. The van der Waals surface area contributed by atoms with Gasteiger partial charge in [-0.3, -0.25) is 4.79 Å². The van der Waals surface area contributed by atoms with E-state index in [4.69, 9.17) is 9.47 Å². The molecule has 0 radical (unpaired) electrons. The fraction of sp³-hybridized carbons (Fsp3) is 0.409. The van der Waals surface area contributed by atoms with Crippen molar-refractivity contribution in [3.63, 3.8) is 0 Å². The molecule has 0 aliphatic heterocycles. The number of nitrogens with zero attached hydrogens (tertiary/aromatic N) is 2. The first kappa shape index (κ1) is 24.7. The highest BCUT2D eigenvalue weighted by Crippen LogP contribution is 2.34. The Hall–Kier alpha value is -2.92. The number of aromatic nitrogens is 2. The molecule has 178 valence electrons. The Morgan fingerprint density at radius 3 is 2.33 bits per heavy atom. The minimum absolute atomic E-state index is 0.0350. The Balaban J connectivity index is 1.82.